The molecule has 9 heteroatoms. The van der Waals surface area contributed by atoms with Crippen LogP contribution in [0.1, 0.15) is 56.7 Å². The van der Waals surface area contributed by atoms with Crippen LogP contribution in [0.15, 0.2) is 24.3 Å². The first kappa shape index (κ1) is 23.7. The fourth-order valence-electron chi connectivity index (χ4n) is 7.50. The number of halogens is 2. The molecule has 4 aliphatic rings. The lowest BCUT2D eigenvalue weighted by atomic mass is 9.59. The van der Waals surface area contributed by atoms with Crippen molar-refractivity contribution >= 4 is 6.03 Å². The number of amides is 2. The lowest BCUT2D eigenvalue weighted by Crippen LogP contribution is -2.59. The average Bonchev–Trinajstić information content (AvgIpc) is 3.22. The van der Waals surface area contributed by atoms with Crippen LogP contribution in [0.4, 0.5) is 13.6 Å². The molecule has 1 aromatic carbocycles. The quantitative estimate of drug-likeness (QED) is 0.670. The first-order valence-corrected chi connectivity index (χ1v) is 12.8. The first-order chi connectivity index (χ1) is 17.2. The fourth-order valence-corrected chi connectivity index (χ4v) is 7.50. The molecule has 36 heavy (non-hydrogen) atoms. The number of piperidine rings is 1. The maximum atomic E-state index is 14.5. The largest absolute Gasteiger partial charge is 0.383 e. The summed E-state index contributed by atoms with van der Waals surface area (Å²) in [7, 11) is 0. The van der Waals surface area contributed by atoms with E-state index in [2.05, 4.69) is 29.4 Å². The molecule has 1 unspecified atom stereocenters. The zero-order chi connectivity index (χ0) is 25.3. The van der Waals surface area contributed by atoms with Crippen LogP contribution in [0.2, 0.25) is 0 Å². The number of carbonyl (C=O) groups is 1. The Kier molecular flexibility index (Phi) is 5.39. The van der Waals surface area contributed by atoms with Gasteiger partial charge in [0.1, 0.15) is 17.2 Å². The minimum Gasteiger partial charge on any atom is -0.383 e. The molecule has 7 nitrogen and oxygen atoms in total. The molecule has 2 N–H and O–H groups in total. The third-order valence-electron chi connectivity index (χ3n) is 9.40. The zero-order valence-corrected chi connectivity index (χ0v) is 20.7. The van der Waals surface area contributed by atoms with Gasteiger partial charge in [0, 0.05) is 18.5 Å². The van der Waals surface area contributed by atoms with Crippen molar-refractivity contribution in [1.29, 1.82) is 0 Å². The summed E-state index contributed by atoms with van der Waals surface area (Å²) in [5.41, 5.74) is 0.695. The van der Waals surface area contributed by atoms with Gasteiger partial charge in [-0.15, -0.1) is 0 Å². The predicted octanol–water partition coefficient (Wildman–Crippen LogP) is 3.76. The highest BCUT2D eigenvalue weighted by molar-refractivity contribution is 5.74. The molecule has 0 spiro atoms. The van der Waals surface area contributed by atoms with Gasteiger partial charge in [0.25, 0.3) is 0 Å². The van der Waals surface area contributed by atoms with Crippen molar-refractivity contribution in [3.63, 3.8) is 0 Å². The summed E-state index contributed by atoms with van der Waals surface area (Å²) in [5.74, 6) is -0.880. The SMILES string of the molecule is CC1(C)[C@H]2CCC1([C@H]1CCCN(C(=O)NCC3(O)COC3)C1)c1nnc(-c3c(F)cccc3F)cc12. The molecule has 2 bridgehead atoms. The number of nitrogens with one attached hydrogen (secondary N) is 1. The van der Waals surface area contributed by atoms with Gasteiger partial charge in [0.05, 0.1) is 36.7 Å². The van der Waals surface area contributed by atoms with Crippen molar-refractivity contribution in [2.24, 2.45) is 11.3 Å². The number of nitrogens with zero attached hydrogens (tertiary/aromatic N) is 3. The molecule has 1 aromatic heterocycles. The molecule has 2 amide bonds. The van der Waals surface area contributed by atoms with E-state index in [1.54, 1.807) is 0 Å². The highest BCUT2D eigenvalue weighted by Gasteiger charge is 2.66. The van der Waals surface area contributed by atoms with E-state index in [1.807, 2.05) is 11.0 Å². The molecule has 3 fully saturated rings. The van der Waals surface area contributed by atoms with E-state index in [0.29, 0.717) is 13.1 Å². The van der Waals surface area contributed by atoms with Crippen LogP contribution >= 0.6 is 0 Å². The summed E-state index contributed by atoms with van der Waals surface area (Å²) in [6.45, 7) is 6.45. The van der Waals surface area contributed by atoms with Gasteiger partial charge in [0.15, 0.2) is 0 Å². The second-order valence-electron chi connectivity index (χ2n) is 11.6. The summed E-state index contributed by atoms with van der Waals surface area (Å²) < 4.78 is 34.1. The van der Waals surface area contributed by atoms with Crippen molar-refractivity contribution in [3.8, 4) is 11.3 Å². The molecule has 3 heterocycles. The van der Waals surface area contributed by atoms with Crippen molar-refractivity contribution in [3.05, 3.63) is 47.2 Å². The van der Waals surface area contributed by atoms with Crippen molar-refractivity contribution in [2.75, 3.05) is 32.8 Å². The Morgan fingerprint density at radius 1 is 1.22 bits per heavy atom. The molecular formula is C27H32F2N4O3. The van der Waals surface area contributed by atoms with E-state index in [0.717, 1.165) is 36.9 Å². The van der Waals surface area contributed by atoms with Crippen LogP contribution in [0.5, 0.6) is 0 Å². The Bertz CT molecular complexity index is 1200. The Labute approximate surface area is 209 Å². The van der Waals surface area contributed by atoms with Crippen molar-refractivity contribution in [1.82, 2.24) is 20.4 Å². The van der Waals surface area contributed by atoms with Crippen LogP contribution in [0.25, 0.3) is 11.3 Å². The maximum absolute atomic E-state index is 14.5. The molecule has 1 saturated carbocycles. The Hall–Kier alpha value is -2.65. The minimum atomic E-state index is -0.973. The number of urea groups is 1. The van der Waals surface area contributed by atoms with Gasteiger partial charge in [-0.1, -0.05) is 19.9 Å². The van der Waals surface area contributed by atoms with E-state index in [4.69, 9.17) is 4.74 Å². The van der Waals surface area contributed by atoms with E-state index in [-0.39, 0.29) is 59.7 Å². The number of aliphatic hydroxyl groups is 1. The highest BCUT2D eigenvalue weighted by atomic mass is 19.1. The Morgan fingerprint density at radius 3 is 2.67 bits per heavy atom. The monoisotopic (exact) mass is 498 g/mol. The van der Waals surface area contributed by atoms with E-state index >= 15 is 0 Å². The number of rotatable bonds is 4. The van der Waals surface area contributed by atoms with Gasteiger partial charge in [-0.05, 0) is 66.7 Å². The number of ether oxygens (including phenoxy) is 1. The van der Waals surface area contributed by atoms with E-state index < -0.39 is 17.2 Å². The Morgan fingerprint density at radius 2 is 1.97 bits per heavy atom. The van der Waals surface area contributed by atoms with Crippen LogP contribution in [-0.4, -0.2) is 64.7 Å². The second-order valence-corrected chi connectivity index (χ2v) is 11.6. The number of hydrogen-bond acceptors (Lipinski definition) is 5. The average molecular weight is 499 g/mol. The number of fused-ring (bicyclic) bond motifs is 5. The van der Waals surface area contributed by atoms with Crippen LogP contribution in [0, 0.1) is 23.0 Å². The predicted molar refractivity (Wildman–Crippen MR) is 128 cm³/mol. The molecule has 2 saturated heterocycles. The van der Waals surface area contributed by atoms with Gasteiger partial charge in [-0.3, -0.25) is 0 Å². The Balaban J connectivity index is 1.30. The third kappa shape index (κ3) is 3.31. The second kappa shape index (κ2) is 8.18. The zero-order valence-electron chi connectivity index (χ0n) is 20.7. The third-order valence-corrected chi connectivity index (χ3v) is 9.40. The van der Waals surface area contributed by atoms with E-state index in [1.165, 1.54) is 18.2 Å². The van der Waals surface area contributed by atoms with Gasteiger partial charge in [0.2, 0.25) is 0 Å². The summed E-state index contributed by atoms with van der Waals surface area (Å²) in [6.07, 6.45) is 3.79. The fraction of sp³-hybridized carbons (Fsp3) is 0.593. The van der Waals surface area contributed by atoms with Gasteiger partial charge in [-0.2, -0.15) is 10.2 Å². The highest BCUT2D eigenvalue weighted by Crippen LogP contribution is 2.70. The number of carbonyl (C=O) groups excluding carboxylic acids is 1. The maximum Gasteiger partial charge on any atom is 0.317 e. The molecule has 2 aromatic rings. The normalized spacial score (nSPS) is 29.5. The summed E-state index contributed by atoms with van der Waals surface area (Å²) in [5, 5.41) is 22.1. The van der Waals surface area contributed by atoms with Crippen molar-refractivity contribution < 1.29 is 23.4 Å². The smallest absolute Gasteiger partial charge is 0.317 e. The summed E-state index contributed by atoms with van der Waals surface area (Å²) in [4.78, 5) is 14.8. The molecule has 2 aliphatic carbocycles. The van der Waals surface area contributed by atoms with Gasteiger partial charge < -0.3 is 20.1 Å². The lowest BCUT2D eigenvalue weighted by molar-refractivity contribution is -0.173. The van der Waals surface area contributed by atoms with Gasteiger partial charge >= 0.3 is 6.03 Å². The van der Waals surface area contributed by atoms with Crippen LogP contribution in [0.3, 0.4) is 0 Å². The van der Waals surface area contributed by atoms with Crippen molar-refractivity contribution in [2.45, 2.75) is 56.5 Å². The summed E-state index contributed by atoms with van der Waals surface area (Å²) >= 11 is 0. The molecular weight excluding hydrogens is 466 g/mol. The van der Waals surface area contributed by atoms with Crippen LogP contribution in [-0.2, 0) is 10.2 Å². The number of hydrogen-bond donors (Lipinski definition) is 2. The molecule has 0 radical (unpaired) electrons. The topological polar surface area (TPSA) is 87.6 Å². The molecule has 6 rings (SSSR count). The van der Waals surface area contributed by atoms with Gasteiger partial charge in [-0.25, -0.2) is 13.6 Å². The lowest BCUT2D eigenvalue weighted by Gasteiger charge is -2.48. The van der Waals surface area contributed by atoms with Crippen LogP contribution < -0.4 is 5.32 Å². The first-order valence-electron chi connectivity index (χ1n) is 12.8. The molecule has 3 atom stereocenters. The summed E-state index contributed by atoms with van der Waals surface area (Å²) in [6, 6.07) is 5.50. The molecule has 2 aliphatic heterocycles. The van der Waals surface area contributed by atoms with E-state index in [9.17, 15) is 18.7 Å². The number of aromatic nitrogens is 2. The molecule has 192 valence electrons. The standard InChI is InChI=1S/C27H32F2N4O3/c1-25(2)18-8-9-27(25,16-5-4-10-33(12-16)24(34)30-13-26(35)14-36-15-26)23-17(18)11-21(31-32-23)22-19(28)6-3-7-20(22)29/h3,6-7,11,16,18,35H,4-5,8-10,12-15H2,1-2H3,(H,30,34)/t16-,18-,27?/m0/s1. The number of likely N-dealkylation sites (tertiary alicyclic amines) is 1. The minimum absolute atomic E-state index is 0.126. The number of benzene rings is 1.